The molecule has 3 N–H and O–H groups in total. The van der Waals surface area contributed by atoms with Gasteiger partial charge in [-0.05, 0) is 86.8 Å². The Bertz CT molecular complexity index is 2420. The first-order valence-electron chi connectivity index (χ1n) is 18.7. The maximum atomic E-state index is 15.2. The molecule has 2 atom stereocenters. The van der Waals surface area contributed by atoms with Gasteiger partial charge in [-0.25, -0.2) is 9.48 Å². The lowest BCUT2D eigenvalue weighted by atomic mass is 9.85. The fourth-order valence-electron chi connectivity index (χ4n) is 7.08. The van der Waals surface area contributed by atoms with Crippen LogP contribution < -0.4 is 20.7 Å². The summed E-state index contributed by atoms with van der Waals surface area (Å²) in [5.41, 5.74) is 3.80. The summed E-state index contributed by atoms with van der Waals surface area (Å²) in [5, 5.41) is 14.1. The Kier molecular flexibility index (Phi) is 11.0. The number of carbonyl (C=O) groups is 4. The Morgan fingerprint density at radius 3 is 2.11 bits per heavy atom. The van der Waals surface area contributed by atoms with Crippen LogP contribution in [0.15, 0.2) is 127 Å². The number of para-hydroxylation sites is 3. The molecule has 1 aliphatic heterocycles. The minimum absolute atomic E-state index is 0.102. The van der Waals surface area contributed by atoms with Crippen LogP contribution in [-0.2, 0) is 22.5 Å². The van der Waals surface area contributed by atoms with Crippen LogP contribution in [0.2, 0.25) is 0 Å². The molecule has 0 saturated carbocycles. The Morgan fingerprint density at radius 2 is 1.42 bits per heavy atom. The highest BCUT2D eigenvalue weighted by molar-refractivity contribution is 6.12. The fourth-order valence-corrected chi connectivity index (χ4v) is 7.08. The van der Waals surface area contributed by atoms with Crippen molar-refractivity contribution in [1.82, 2.24) is 20.0 Å². The Hall–Kier alpha value is -6.95. The third kappa shape index (κ3) is 8.65. The molecular weight excluding hydrogens is 721 g/mol. The highest BCUT2D eigenvalue weighted by Crippen LogP contribution is 2.33. The van der Waals surface area contributed by atoms with E-state index in [1.165, 1.54) is 0 Å². The van der Waals surface area contributed by atoms with Crippen molar-refractivity contribution < 1.29 is 28.7 Å². The van der Waals surface area contributed by atoms with Gasteiger partial charge in [0.25, 0.3) is 11.8 Å². The highest BCUT2D eigenvalue weighted by atomic mass is 16.6. The van der Waals surface area contributed by atoms with Crippen LogP contribution in [0, 0.1) is 5.92 Å². The topological polar surface area (TPSA) is 144 Å². The highest BCUT2D eigenvalue weighted by Gasteiger charge is 2.40. The van der Waals surface area contributed by atoms with Gasteiger partial charge in [0, 0.05) is 42.0 Å². The number of anilines is 2. The largest absolute Gasteiger partial charge is 0.497 e. The van der Waals surface area contributed by atoms with E-state index < -0.39 is 29.6 Å². The molecule has 0 radical (unpaired) electrons. The van der Waals surface area contributed by atoms with Crippen molar-refractivity contribution in [3.63, 3.8) is 0 Å². The molecule has 0 aliphatic carbocycles. The van der Waals surface area contributed by atoms with Crippen molar-refractivity contribution in [3.8, 4) is 11.4 Å². The summed E-state index contributed by atoms with van der Waals surface area (Å²) < 4.78 is 12.7. The fraction of sp³-hybridized carbons (Fsp3) is 0.222. The molecule has 4 amide bonds. The molecule has 0 spiro atoms. The lowest BCUT2D eigenvalue weighted by molar-refractivity contribution is -0.121. The van der Waals surface area contributed by atoms with E-state index in [1.807, 2.05) is 60.7 Å². The minimum Gasteiger partial charge on any atom is -0.497 e. The number of rotatable bonds is 10. The van der Waals surface area contributed by atoms with Crippen molar-refractivity contribution in [2.75, 3.05) is 24.3 Å². The summed E-state index contributed by atoms with van der Waals surface area (Å²) in [4.78, 5) is 57.9. The molecule has 0 saturated heterocycles. The number of benzene rings is 5. The molecule has 0 bridgehead atoms. The second-order valence-corrected chi connectivity index (χ2v) is 14.8. The van der Waals surface area contributed by atoms with Gasteiger partial charge in [0.15, 0.2) is 5.69 Å². The maximum Gasteiger partial charge on any atom is 0.407 e. The zero-order valence-electron chi connectivity index (χ0n) is 32.2. The number of hydrogen-bond donors (Lipinski definition) is 3. The lowest BCUT2D eigenvalue weighted by Crippen LogP contribution is -2.54. The molecule has 1 unspecified atom stereocenters. The van der Waals surface area contributed by atoms with Crippen LogP contribution in [0.1, 0.15) is 52.7 Å². The number of aromatic nitrogens is 2. The van der Waals surface area contributed by atoms with Gasteiger partial charge in [0.2, 0.25) is 5.91 Å². The molecule has 12 nitrogen and oxygen atoms in total. The van der Waals surface area contributed by atoms with Gasteiger partial charge >= 0.3 is 6.09 Å². The number of nitrogens with zero attached hydrogens (tertiary/aromatic N) is 3. The first-order chi connectivity index (χ1) is 27.5. The zero-order chi connectivity index (χ0) is 40.1. The first kappa shape index (κ1) is 38.3. The zero-order valence-corrected chi connectivity index (χ0v) is 32.2. The predicted molar refractivity (Wildman–Crippen MR) is 219 cm³/mol. The van der Waals surface area contributed by atoms with Crippen molar-refractivity contribution in [2.24, 2.45) is 5.92 Å². The van der Waals surface area contributed by atoms with Gasteiger partial charge in [-0.1, -0.05) is 72.8 Å². The Balaban J connectivity index is 1.30. The van der Waals surface area contributed by atoms with E-state index in [2.05, 4.69) is 16.0 Å². The predicted octanol–water partition coefficient (Wildman–Crippen LogP) is 7.63. The summed E-state index contributed by atoms with van der Waals surface area (Å²) in [7, 11) is 1.55. The Morgan fingerprint density at radius 1 is 0.789 bits per heavy atom. The normalized spacial score (nSPS) is 14.2. The molecule has 2 heterocycles. The van der Waals surface area contributed by atoms with Gasteiger partial charge in [-0.2, -0.15) is 5.10 Å². The van der Waals surface area contributed by atoms with Crippen molar-refractivity contribution >= 4 is 46.1 Å². The molecule has 7 rings (SSSR count). The van der Waals surface area contributed by atoms with Crippen LogP contribution in [0.3, 0.4) is 0 Å². The lowest BCUT2D eigenvalue weighted by Gasteiger charge is -2.41. The third-order valence-electron chi connectivity index (χ3n) is 9.75. The van der Waals surface area contributed by atoms with E-state index in [1.54, 1.807) is 104 Å². The van der Waals surface area contributed by atoms with Crippen LogP contribution >= 0.6 is 0 Å². The number of methoxy groups -OCH3 is 1. The van der Waals surface area contributed by atoms with Gasteiger partial charge < -0.3 is 30.3 Å². The van der Waals surface area contributed by atoms with Gasteiger partial charge in [-0.3, -0.25) is 14.4 Å². The van der Waals surface area contributed by atoms with E-state index in [4.69, 9.17) is 14.6 Å². The first-order valence-corrected chi connectivity index (χ1v) is 18.7. The summed E-state index contributed by atoms with van der Waals surface area (Å²) in [5.74, 6) is -1.50. The number of fused-ring (bicyclic) bond motifs is 2. The minimum atomic E-state index is -0.898. The van der Waals surface area contributed by atoms with Gasteiger partial charge in [0.05, 0.1) is 29.8 Å². The average molecular weight is 765 g/mol. The van der Waals surface area contributed by atoms with Crippen molar-refractivity contribution in [3.05, 3.63) is 150 Å². The second kappa shape index (κ2) is 16.4. The van der Waals surface area contributed by atoms with Crippen LogP contribution in [0.25, 0.3) is 16.6 Å². The molecule has 5 aromatic carbocycles. The van der Waals surface area contributed by atoms with Crippen molar-refractivity contribution in [2.45, 2.75) is 45.4 Å². The van der Waals surface area contributed by atoms with Crippen LogP contribution in [0.5, 0.6) is 5.75 Å². The monoisotopic (exact) mass is 764 g/mol. The summed E-state index contributed by atoms with van der Waals surface area (Å²) >= 11 is 0. The number of ether oxygens (including phenoxy) is 2. The van der Waals surface area contributed by atoms with E-state index >= 15 is 4.79 Å². The van der Waals surface area contributed by atoms with Crippen LogP contribution in [-0.4, -0.2) is 63.8 Å². The summed E-state index contributed by atoms with van der Waals surface area (Å²) in [6, 6.07) is 37.6. The third-order valence-corrected chi connectivity index (χ3v) is 9.75. The van der Waals surface area contributed by atoms with Crippen LogP contribution in [0.4, 0.5) is 16.2 Å². The van der Waals surface area contributed by atoms with E-state index in [-0.39, 0.29) is 30.6 Å². The molecule has 290 valence electrons. The molecular formula is C45H44N6O6. The van der Waals surface area contributed by atoms with Crippen molar-refractivity contribution in [1.29, 1.82) is 0 Å². The molecule has 12 heteroatoms. The molecule has 6 aromatic rings. The summed E-state index contributed by atoms with van der Waals surface area (Å²) in [6.07, 6.45) is -0.328. The number of hydrogen-bond acceptors (Lipinski definition) is 7. The second-order valence-electron chi connectivity index (χ2n) is 14.8. The van der Waals surface area contributed by atoms with E-state index in [0.717, 1.165) is 11.1 Å². The quantitative estimate of drug-likeness (QED) is 0.130. The number of alkyl carbamates (subject to hydrolysis) is 1. The average Bonchev–Trinajstić information content (AvgIpc) is 3.59. The molecule has 1 aliphatic rings. The maximum absolute atomic E-state index is 15.2. The number of carbonyl (C=O) groups excluding carboxylic acids is 4. The van der Waals surface area contributed by atoms with E-state index in [0.29, 0.717) is 45.7 Å². The standard InChI is InChI=1S/C45H44N6O6/c1-45(2,3)57-44(55)46-27-36(41(52)47-31-17-7-5-8-18-31)38-25-29-15-11-12-16-30(29)28-50(38)43(54)35-21-13-14-22-37(35)51-39-26-33(56-4)23-24-34(39)40(49-51)42(53)48-32-19-9-6-10-20-32/h5-24,26,36,38H,25,27-28H2,1-4H3,(H,46,55)(H,47,52)(H,48,53)/t36?,38-/m0/s1. The molecule has 0 fully saturated rings. The SMILES string of the molecule is COc1ccc2c(C(=O)Nc3ccccc3)nn(-c3ccccc3C(=O)N3Cc4ccccc4C[C@H]3C(CNC(=O)OC(C)(C)C)C(=O)Nc3ccccc3)c2c1. The number of nitrogens with one attached hydrogen (secondary N) is 3. The van der Waals surface area contributed by atoms with Gasteiger partial charge in [-0.15, -0.1) is 0 Å². The molecule has 57 heavy (non-hydrogen) atoms. The van der Waals surface area contributed by atoms with Gasteiger partial charge in [0.1, 0.15) is 11.4 Å². The smallest absolute Gasteiger partial charge is 0.407 e. The molecule has 1 aromatic heterocycles. The Labute approximate surface area is 330 Å². The van der Waals surface area contributed by atoms with E-state index in [9.17, 15) is 14.4 Å². The number of amides is 4. The summed E-state index contributed by atoms with van der Waals surface area (Å²) in [6.45, 7) is 5.39.